The van der Waals surface area contributed by atoms with Gasteiger partial charge >= 0.3 is 51.4 Å². The average Bonchev–Trinajstić information content (AvgIpc) is 1.59. The topological polar surface area (TPSA) is 66.4 Å². The van der Waals surface area contributed by atoms with E-state index in [-0.39, 0.29) is 58.0 Å². The molecule has 0 amide bonds. The Bertz CT molecular complexity index is 140. The van der Waals surface area contributed by atoms with E-state index in [1.54, 1.807) is 6.92 Å². The van der Waals surface area contributed by atoms with Crippen LogP contribution in [-0.2, 0) is 14.6 Å². The summed E-state index contributed by atoms with van der Waals surface area (Å²) in [7, 11) is -4.44. The maximum atomic E-state index is 9.61. The van der Waals surface area contributed by atoms with Crippen molar-refractivity contribution in [3.8, 4) is 0 Å². The summed E-state index contributed by atoms with van der Waals surface area (Å²) in [6, 6.07) is 0. The second kappa shape index (κ2) is 6.23. The number of rotatable bonds is 3. The van der Waals surface area contributed by atoms with Crippen molar-refractivity contribution >= 4 is 10.4 Å². The van der Waals surface area contributed by atoms with Crippen LogP contribution in [0.1, 0.15) is 13.3 Å². The standard InChI is InChI=1S/C3H8O4S.K/c1-2-3-7-8(4,5)6;/h2-3H2,1H3,(H,4,5,6);/q;+1/p-1. The Morgan fingerprint density at radius 3 is 2.11 bits per heavy atom. The molecule has 50 valence electrons. The van der Waals surface area contributed by atoms with Crippen LogP contribution in [0.3, 0.4) is 0 Å². The molecule has 0 bridgehead atoms. The van der Waals surface area contributed by atoms with Crippen molar-refractivity contribution in [1.82, 2.24) is 0 Å². The minimum absolute atomic E-state index is 0. The first-order chi connectivity index (χ1) is 3.56. The second-order valence-corrected chi connectivity index (χ2v) is 2.28. The molecule has 9 heavy (non-hydrogen) atoms. The molecule has 0 aliphatic rings. The van der Waals surface area contributed by atoms with Gasteiger partial charge in [-0.3, -0.25) is 4.18 Å². The van der Waals surface area contributed by atoms with E-state index < -0.39 is 10.4 Å². The minimum atomic E-state index is -4.44. The maximum absolute atomic E-state index is 9.61. The molecule has 0 N–H and O–H groups in total. The Labute approximate surface area is 97.3 Å². The van der Waals surface area contributed by atoms with Crippen LogP contribution >= 0.6 is 0 Å². The van der Waals surface area contributed by atoms with E-state index in [2.05, 4.69) is 4.18 Å². The molecule has 6 heteroatoms. The fraction of sp³-hybridized carbons (Fsp3) is 1.00. The van der Waals surface area contributed by atoms with Gasteiger partial charge in [0.15, 0.2) is 0 Å². The molecule has 0 heterocycles. The van der Waals surface area contributed by atoms with Crippen LogP contribution in [0.25, 0.3) is 0 Å². The van der Waals surface area contributed by atoms with Gasteiger partial charge in [-0.1, -0.05) is 6.92 Å². The molecular weight excluding hydrogens is 171 g/mol. The van der Waals surface area contributed by atoms with E-state index >= 15 is 0 Å². The summed E-state index contributed by atoms with van der Waals surface area (Å²) in [6.07, 6.45) is 0.529. The van der Waals surface area contributed by atoms with Crippen molar-refractivity contribution in [2.45, 2.75) is 13.3 Å². The Kier molecular flexibility index (Phi) is 9.09. The minimum Gasteiger partial charge on any atom is -0.726 e. The van der Waals surface area contributed by atoms with Crippen LogP contribution < -0.4 is 51.4 Å². The molecule has 4 nitrogen and oxygen atoms in total. The molecule has 0 aliphatic carbocycles. The molecular formula is C3H7KO4S. The van der Waals surface area contributed by atoms with Gasteiger partial charge in [0, 0.05) is 0 Å². The van der Waals surface area contributed by atoms with E-state index in [0.717, 1.165) is 0 Å². The fourth-order valence-corrected chi connectivity index (χ4v) is 0.556. The van der Waals surface area contributed by atoms with Gasteiger partial charge in [-0.25, -0.2) is 8.42 Å². The SMILES string of the molecule is CCCOS(=O)(=O)[O-].[K+]. The van der Waals surface area contributed by atoms with Gasteiger partial charge in [0.25, 0.3) is 0 Å². The van der Waals surface area contributed by atoms with Crippen LogP contribution in [0.4, 0.5) is 0 Å². The molecule has 0 unspecified atom stereocenters. The van der Waals surface area contributed by atoms with E-state index in [1.807, 2.05) is 0 Å². The van der Waals surface area contributed by atoms with Crippen LogP contribution in [0.15, 0.2) is 0 Å². The van der Waals surface area contributed by atoms with Crippen molar-refractivity contribution in [2.24, 2.45) is 0 Å². The maximum Gasteiger partial charge on any atom is 1.00 e. The second-order valence-electron chi connectivity index (χ2n) is 1.23. The third-order valence-electron chi connectivity index (χ3n) is 0.432. The van der Waals surface area contributed by atoms with E-state index in [9.17, 15) is 13.0 Å². The first-order valence-corrected chi connectivity index (χ1v) is 3.50. The van der Waals surface area contributed by atoms with Gasteiger partial charge in [0.2, 0.25) is 10.4 Å². The molecule has 0 aliphatic heterocycles. The van der Waals surface area contributed by atoms with Crippen molar-refractivity contribution in [2.75, 3.05) is 6.61 Å². The van der Waals surface area contributed by atoms with Gasteiger partial charge in [-0.2, -0.15) is 0 Å². The summed E-state index contributed by atoms with van der Waals surface area (Å²) < 4.78 is 32.6. The fourth-order valence-electron chi connectivity index (χ4n) is 0.185. The molecule has 0 radical (unpaired) electrons. The van der Waals surface area contributed by atoms with E-state index in [4.69, 9.17) is 0 Å². The number of hydrogen-bond donors (Lipinski definition) is 0. The van der Waals surface area contributed by atoms with Crippen LogP contribution in [0.5, 0.6) is 0 Å². The molecule has 0 aromatic rings. The van der Waals surface area contributed by atoms with Crippen LogP contribution in [-0.4, -0.2) is 19.6 Å². The zero-order valence-electron chi connectivity index (χ0n) is 5.46. The Morgan fingerprint density at radius 1 is 1.56 bits per heavy atom. The molecule has 0 saturated heterocycles. The van der Waals surface area contributed by atoms with Gasteiger partial charge in [0.1, 0.15) is 0 Å². The largest absolute Gasteiger partial charge is 1.00 e. The van der Waals surface area contributed by atoms with Gasteiger partial charge < -0.3 is 4.55 Å². The van der Waals surface area contributed by atoms with Crippen LogP contribution in [0, 0.1) is 0 Å². The molecule has 0 spiro atoms. The summed E-state index contributed by atoms with van der Waals surface area (Å²) in [5, 5.41) is 0. The van der Waals surface area contributed by atoms with Gasteiger partial charge in [-0.05, 0) is 6.42 Å². The predicted octanol–water partition coefficient (Wildman–Crippen LogP) is -3.12. The summed E-state index contributed by atoms with van der Waals surface area (Å²) in [6.45, 7) is 1.69. The Hall–Kier alpha value is 1.51. The summed E-state index contributed by atoms with van der Waals surface area (Å²) in [5.41, 5.74) is 0. The van der Waals surface area contributed by atoms with Crippen LogP contribution in [0.2, 0.25) is 0 Å². The van der Waals surface area contributed by atoms with Gasteiger partial charge in [-0.15, -0.1) is 0 Å². The predicted molar refractivity (Wildman–Crippen MR) is 25.9 cm³/mol. The Balaban J connectivity index is 0. The monoisotopic (exact) mass is 178 g/mol. The third kappa shape index (κ3) is 12.7. The third-order valence-corrected chi connectivity index (χ3v) is 0.887. The zero-order valence-corrected chi connectivity index (χ0v) is 9.40. The Morgan fingerprint density at radius 2 is 2.00 bits per heavy atom. The molecule has 0 fully saturated rings. The summed E-state index contributed by atoms with van der Waals surface area (Å²) >= 11 is 0. The molecule has 0 rings (SSSR count). The normalized spacial score (nSPS) is 10.4. The molecule has 0 aromatic carbocycles. The smallest absolute Gasteiger partial charge is 0.726 e. The molecule has 0 atom stereocenters. The van der Waals surface area contributed by atoms with Crippen molar-refractivity contribution in [1.29, 1.82) is 0 Å². The van der Waals surface area contributed by atoms with Crippen molar-refractivity contribution < 1.29 is 68.5 Å². The summed E-state index contributed by atoms with van der Waals surface area (Å²) in [5.74, 6) is 0. The molecule has 0 aromatic heterocycles. The molecule has 0 saturated carbocycles. The summed E-state index contributed by atoms with van der Waals surface area (Å²) in [4.78, 5) is 0. The number of hydrogen-bond acceptors (Lipinski definition) is 4. The van der Waals surface area contributed by atoms with E-state index in [0.29, 0.717) is 6.42 Å². The zero-order chi connectivity index (χ0) is 6.62. The average molecular weight is 178 g/mol. The first-order valence-electron chi connectivity index (χ1n) is 2.16. The van der Waals surface area contributed by atoms with Crippen molar-refractivity contribution in [3.63, 3.8) is 0 Å². The first kappa shape index (κ1) is 13.1. The van der Waals surface area contributed by atoms with Gasteiger partial charge in [0.05, 0.1) is 6.61 Å². The van der Waals surface area contributed by atoms with E-state index in [1.165, 1.54) is 0 Å². The van der Waals surface area contributed by atoms with Crippen molar-refractivity contribution in [3.05, 3.63) is 0 Å². The quantitative estimate of drug-likeness (QED) is 0.260.